The van der Waals surface area contributed by atoms with Crippen molar-refractivity contribution >= 4 is 53.6 Å². The number of anilines is 1. The van der Waals surface area contributed by atoms with Gasteiger partial charge in [-0.1, -0.05) is 29.8 Å². The molecule has 1 amide bonds. The second-order valence-electron chi connectivity index (χ2n) is 9.13. The average Bonchev–Trinajstić information content (AvgIpc) is 3.38. The molecular weight excluding hydrogens is 499 g/mol. The van der Waals surface area contributed by atoms with Crippen LogP contribution in [0.5, 0.6) is 0 Å². The van der Waals surface area contributed by atoms with Crippen LogP contribution in [0.15, 0.2) is 53.4 Å². The molecule has 1 aliphatic heterocycles. The van der Waals surface area contributed by atoms with Gasteiger partial charge in [0.2, 0.25) is 5.91 Å². The SMILES string of the molecule is Cc1ccc(S(=O)(=O)CC(=O)Nc2sc3c(c2-c2nc4ccccc4s2)CCN(C(C)C)C3)cc1. The van der Waals surface area contributed by atoms with Crippen LogP contribution in [0.25, 0.3) is 20.8 Å². The third-order valence-electron chi connectivity index (χ3n) is 6.28. The van der Waals surface area contributed by atoms with Gasteiger partial charge in [-0.3, -0.25) is 9.69 Å². The Hall–Kier alpha value is -2.59. The first kappa shape index (κ1) is 24.1. The molecule has 6 nitrogen and oxygen atoms in total. The number of thiophene rings is 1. The molecule has 35 heavy (non-hydrogen) atoms. The molecule has 0 spiro atoms. The summed E-state index contributed by atoms with van der Waals surface area (Å²) in [6.45, 7) is 8.02. The van der Waals surface area contributed by atoms with E-state index in [1.54, 1.807) is 35.6 Å². The number of nitrogens with zero attached hydrogens (tertiary/aromatic N) is 2. The minimum atomic E-state index is -3.75. The van der Waals surface area contributed by atoms with Crippen LogP contribution in [-0.4, -0.2) is 42.5 Å². The highest BCUT2D eigenvalue weighted by atomic mass is 32.2. The number of fused-ring (bicyclic) bond motifs is 2. The molecule has 0 radical (unpaired) electrons. The molecule has 0 atom stereocenters. The lowest BCUT2D eigenvalue weighted by atomic mass is 10.0. The van der Waals surface area contributed by atoms with Gasteiger partial charge in [0.1, 0.15) is 15.8 Å². The van der Waals surface area contributed by atoms with Crippen molar-refractivity contribution in [3.63, 3.8) is 0 Å². The van der Waals surface area contributed by atoms with E-state index in [-0.39, 0.29) is 4.90 Å². The van der Waals surface area contributed by atoms with E-state index >= 15 is 0 Å². The van der Waals surface area contributed by atoms with Crippen LogP contribution in [0.2, 0.25) is 0 Å². The first-order chi connectivity index (χ1) is 16.7. The minimum Gasteiger partial charge on any atom is -0.316 e. The van der Waals surface area contributed by atoms with Crippen molar-refractivity contribution in [1.82, 2.24) is 9.88 Å². The van der Waals surface area contributed by atoms with Gasteiger partial charge in [-0.05, 0) is 57.0 Å². The predicted octanol–water partition coefficient (Wildman–Crippen LogP) is 5.51. The summed E-state index contributed by atoms with van der Waals surface area (Å²) in [4.78, 5) is 21.6. The van der Waals surface area contributed by atoms with Gasteiger partial charge in [0.15, 0.2) is 9.84 Å². The minimum absolute atomic E-state index is 0.155. The van der Waals surface area contributed by atoms with Gasteiger partial charge in [-0.2, -0.15) is 0 Å². The van der Waals surface area contributed by atoms with Gasteiger partial charge in [-0.15, -0.1) is 22.7 Å². The quantitative estimate of drug-likeness (QED) is 0.359. The molecule has 0 fully saturated rings. The largest absolute Gasteiger partial charge is 0.316 e. The monoisotopic (exact) mass is 525 g/mol. The van der Waals surface area contributed by atoms with E-state index < -0.39 is 21.5 Å². The maximum atomic E-state index is 13.0. The summed E-state index contributed by atoms with van der Waals surface area (Å²) in [6.07, 6.45) is 0.868. The van der Waals surface area contributed by atoms with Gasteiger partial charge < -0.3 is 5.32 Å². The van der Waals surface area contributed by atoms with Gasteiger partial charge >= 0.3 is 0 Å². The summed E-state index contributed by atoms with van der Waals surface area (Å²) in [6, 6.07) is 15.0. The Bertz CT molecular complexity index is 1470. The first-order valence-corrected chi connectivity index (χ1v) is 14.8. The predicted molar refractivity (Wildman–Crippen MR) is 144 cm³/mol. The van der Waals surface area contributed by atoms with Gasteiger partial charge in [0.05, 0.1) is 15.1 Å². The highest BCUT2D eigenvalue weighted by molar-refractivity contribution is 7.92. The Balaban J connectivity index is 1.49. The van der Waals surface area contributed by atoms with Crippen molar-refractivity contribution in [2.45, 2.75) is 44.7 Å². The van der Waals surface area contributed by atoms with Crippen LogP contribution in [-0.2, 0) is 27.6 Å². The number of sulfone groups is 1. The van der Waals surface area contributed by atoms with E-state index in [0.717, 1.165) is 45.9 Å². The number of rotatable bonds is 6. The number of hydrogen-bond donors (Lipinski definition) is 1. The Morgan fingerprint density at radius 3 is 2.57 bits per heavy atom. The third-order valence-corrected chi connectivity index (χ3v) is 10.1. The van der Waals surface area contributed by atoms with Crippen LogP contribution in [0.3, 0.4) is 0 Å². The fourth-order valence-electron chi connectivity index (χ4n) is 4.32. The van der Waals surface area contributed by atoms with E-state index in [9.17, 15) is 13.2 Å². The summed E-state index contributed by atoms with van der Waals surface area (Å²) in [7, 11) is -3.75. The molecule has 0 aliphatic carbocycles. The van der Waals surface area contributed by atoms with Gasteiger partial charge in [0, 0.05) is 29.6 Å². The van der Waals surface area contributed by atoms with Crippen molar-refractivity contribution < 1.29 is 13.2 Å². The molecule has 1 N–H and O–H groups in total. The molecule has 2 aromatic heterocycles. The lowest BCUT2D eigenvalue weighted by molar-refractivity contribution is -0.113. The van der Waals surface area contributed by atoms with E-state index in [2.05, 4.69) is 24.1 Å². The van der Waals surface area contributed by atoms with Gasteiger partial charge in [-0.25, -0.2) is 13.4 Å². The molecule has 4 aromatic rings. The van der Waals surface area contributed by atoms with Crippen LogP contribution in [0.1, 0.15) is 29.9 Å². The van der Waals surface area contributed by atoms with Crippen molar-refractivity contribution in [2.24, 2.45) is 0 Å². The molecular formula is C26H27N3O3S3. The molecule has 0 saturated heterocycles. The second-order valence-corrected chi connectivity index (χ2v) is 13.3. The lowest BCUT2D eigenvalue weighted by Gasteiger charge is -2.30. The first-order valence-electron chi connectivity index (χ1n) is 11.5. The number of thiazole rings is 1. The number of carbonyl (C=O) groups excluding carboxylic acids is 1. The molecule has 182 valence electrons. The Morgan fingerprint density at radius 2 is 1.86 bits per heavy atom. The molecule has 5 rings (SSSR count). The van der Waals surface area contributed by atoms with Gasteiger partial charge in [0.25, 0.3) is 0 Å². The zero-order chi connectivity index (χ0) is 24.7. The normalized spacial score (nSPS) is 14.4. The van der Waals surface area contributed by atoms with Crippen molar-refractivity contribution in [2.75, 3.05) is 17.6 Å². The lowest BCUT2D eigenvalue weighted by Crippen LogP contribution is -2.35. The topological polar surface area (TPSA) is 79.4 Å². The molecule has 9 heteroatoms. The second kappa shape index (κ2) is 9.46. The third kappa shape index (κ3) is 4.91. The molecule has 0 unspecified atom stereocenters. The highest BCUT2D eigenvalue weighted by Gasteiger charge is 2.29. The Morgan fingerprint density at radius 1 is 1.11 bits per heavy atom. The number of nitrogens with one attached hydrogen (secondary N) is 1. The standard InChI is InChI=1S/C26H27N3O3S3/c1-16(2)29-13-12-19-22(14-29)34-26(24(19)25-27-20-6-4-5-7-21(20)33-25)28-23(30)15-35(31,32)18-10-8-17(3)9-11-18/h4-11,16H,12-15H2,1-3H3,(H,28,30). The summed E-state index contributed by atoms with van der Waals surface area (Å²) in [5.41, 5.74) is 4.04. The molecule has 0 saturated carbocycles. The maximum Gasteiger partial charge on any atom is 0.240 e. The zero-order valence-corrected chi connectivity index (χ0v) is 22.3. The molecule has 3 heterocycles. The summed E-state index contributed by atoms with van der Waals surface area (Å²) in [5.74, 6) is -1.14. The van der Waals surface area contributed by atoms with Crippen LogP contribution >= 0.6 is 22.7 Å². The van der Waals surface area contributed by atoms with Crippen molar-refractivity contribution in [3.05, 3.63) is 64.5 Å². The Labute approximate surface area is 213 Å². The fraction of sp³-hybridized carbons (Fsp3) is 0.308. The van der Waals surface area contributed by atoms with E-state index in [0.29, 0.717) is 11.0 Å². The molecule has 1 aliphatic rings. The van der Waals surface area contributed by atoms with E-state index in [1.165, 1.54) is 21.8 Å². The maximum absolute atomic E-state index is 13.0. The summed E-state index contributed by atoms with van der Waals surface area (Å²) in [5, 5.41) is 4.48. The molecule has 2 aromatic carbocycles. The number of carbonyl (C=O) groups is 1. The number of para-hydroxylation sites is 1. The van der Waals surface area contributed by atoms with E-state index in [1.807, 2.05) is 31.2 Å². The van der Waals surface area contributed by atoms with Crippen molar-refractivity contribution in [3.8, 4) is 10.6 Å². The number of amides is 1. The highest BCUT2D eigenvalue weighted by Crippen LogP contribution is 2.45. The number of hydrogen-bond acceptors (Lipinski definition) is 7. The average molecular weight is 526 g/mol. The number of aromatic nitrogens is 1. The molecule has 0 bridgehead atoms. The fourth-order valence-corrected chi connectivity index (χ4v) is 7.86. The summed E-state index contributed by atoms with van der Waals surface area (Å²) < 4.78 is 26.8. The van der Waals surface area contributed by atoms with E-state index in [4.69, 9.17) is 4.98 Å². The number of benzene rings is 2. The zero-order valence-electron chi connectivity index (χ0n) is 19.9. The van der Waals surface area contributed by atoms with Crippen LogP contribution in [0, 0.1) is 6.92 Å². The van der Waals surface area contributed by atoms with Crippen molar-refractivity contribution in [1.29, 1.82) is 0 Å². The number of aryl methyl sites for hydroxylation is 1. The Kier molecular flexibility index (Phi) is 6.52. The summed E-state index contributed by atoms with van der Waals surface area (Å²) >= 11 is 3.14. The van der Waals surface area contributed by atoms with Crippen LogP contribution in [0.4, 0.5) is 5.00 Å². The smallest absolute Gasteiger partial charge is 0.240 e. The van der Waals surface area contributed by atoms with Crippen LogP contribution < -0.4 is 5.32 Å².